The number of hydrogen-bond donors (Lipinski definition) is 1. The Bertz CT molecular complexity index is 345. The van der Waals surface area contributed by atoms with E-state index in [0.29, 0.717) is 0 Å². The molecular formula is C13H20N2O. The molecule has 1 atom stereocenters. The number of benzene rings is 1. The van der Waals surface area contributed by atoms with Gasteiger partial charge in [0.1, 0.15) is 0 Å². The summed E-state index contributed by atoms with van der Waals surface area (Å²) in [6.07, 6.45) is 1.05. The van der Waals surface area contributed by atoms with E-state index in [1.165, 1.54) is 11.1 Å². The number of carbonyl (C=O) groups is 1. The van der Waals surface area contributed by atoms with Crippen molar-refractivity contribution >= 4 is 5.91 Å². The van der Waals surface area contributed by atoms with Gasteiger partial charge in [-0.25, -0.2) is 0 Å². The fourth-order valence-electron chi connectivity index (χ4n) is 1.52. The van der Waals surface area contributed by atoms with E-state index in [4.69, 9.17) is 5.73 Å². The topological polar surface area (TPSA) is 46.3 Å². The first kappa shape index (κ1) is 12.7. The standard InChI is InChI=1S/C13H20N2O/c1-4-11-5-7-12(8-6-11)9-15(3)10(2)13(14)16/h5-8,10H,4,9H2,1-3H3,(H2,14,16)/t10-/m1/s1. The molecule has 0 fully saturated rings. The van der Waals surface area contributed by atoms with Gasteiger partial charge >= 0.3 is 0 Å². The zero-order valence-corrected chi connectivity index (χ0v) is 10.2. The first-order valence-electron chi connectivity index (χ1n) is 5.62. The molecule has 0 saturated carbocycles. The van der Waals surface area contributed by atoms with Gasteiger partial charge in [0.2, 0.25) is 5.91 Å². The summed E-state index contributed by atoms with van der Waals surface area (Å²) >= 11 is 0. The van der Waals surface area contributed by atoms with Gasteiger partial charge in [-0.15, -0.1) is 0 Å². The van der Waals surface area contributed by atoms with Gasteiger partial charge < -0.3 is 5.73 Å². The first-order valence-corrected chi connectivity index (χ1v) is 5.62. The highest BCUT2D eigenvalue weighted by Crippen LogP contribution is 2.08. The Morgan fingerprint density at radius 1 is 1.31 bits per heavy atom. The van der Waals surface area contributed by atoms with Crippen molar-refractivity contribution in [2.75, 3.05) is 7.05 Å². The molecule has 1 aromatic rings. The number of nitrogens with two attached hydrogens (primary N) is 1. The van der Waals surface area contributed by atoms with Crippen LogP contribution >= 0.6 is 0 Å². The van der Waals surface area contributed by atoms with Crippen molar-refractivity contribution in [1.82, 2.24) is 4.90 Å². The summed E-state index contributed by atoms with van der Waals surface area (Å²) < 4.78 is 0. The summed E-state index contributed by atoms with van der Waals surface area (Å²) in [5.41, 5.74) is 7.79. The van der Waals surface area contributed by atoms with Gasteiger partial charge in [-0.3, -0.25) is 9.69 Å². The van der Waals surface area contributed by atoms with Crippen molar-refractivity contribution < 1.29 is 4.79 Å². The van der Waals surface area contributed by atoms with E-state index < -0.39 is 0 Å². The molecule has 0 bridgehead atoms. The fourth-order valence-corrected chi connectivity index (χ4v) is 1.52. The molecule has 0 aliphatic heterocycles. The van der Waals surface area contributed by atoms with Crippen molar-refractivity contribution in [1.29, 1.82) is 0 Å². The van der Waals surface area contributed by atoms with E-state index in [1.807, 2.05) is 18.9 Å². The van der Waals surface area contributed by atoms with Crippen LogP contribution < -0.4 is 5.73 Å². The lowest BCUT2D eigenvalue weighted by Gasteiger charge is -2.21. The van der Waals surface area contributed by atoms with Crippen LogP contribution in [-0.2, 0) is 17.8 Å². The molecular weight excluding hydrogens is 200 g/mol. The highest BCUT2D eigenvalue weighted by atomic mass is 16.1. The summed E-state index contributed by atoms with van der Waals surface area (Å²) in [6.45, 7) is 4.70. The van der Waals surface area contributed by atoms with Gasteiger partial charge in [-0.05, 0) is 31.5 Å². The smallest absolute Gasteiger partial charge is 0.234 e. The number of hydrogen-bond acceptors (Lipinski definition) is 2. The van der Waals surface area contributed by atoms with Gasteiger partial charge in [-0.1, -0.05) is 31.2 Å². The number of aryl methyl sites for hydroxylation is 1. The Hall–Kier alpha value is -1.35. The van der Waals surface area contributed by atoms with E-state index in [2.05, 4.69) is 31.2 Å². The van der Waals surface area contributed by atoms with Gasteiger partial charge in [0.15, 0.2) is 0 Å². The third-order valence-electron chi connectivity index (χ3n) is 2.94. The minimum absolute atomic E-state index is 0.231. The van der Waals surface area contributed by atoms with Crippen molar-refractivity contribution in [3.63, 3.8) is 0 Å². The van der Waals surface area contributed by atoms with Crippen LogP contribution in [0.2, 0.25) is 0 Å². The molecule has 3 heteroatoms. The predicted molar refractivity (Wildman–Crippen MR) is 65.9 cm³/mol. The Morgan fingerprint density at radius 2 is 1.81 bits per heavy atom. The maximum Gasteiger partial charge on any atom is 0.234 e. The number of likely N-dealkylation sites (N-methyl/N-ethyl adjacent to an activating group) is 1. The minimum atomic E-state index is -0.285. The normalized spacial score (nSPS) is 12.8. The Balaban J connectivity index is 2.62. The molecule has 2 N–H and O–H groups in total. The van der Waals surface area contributed by atoms with E-state index in [1.54, 1.807) is 0 Å². The second-order valence-electron chi connectivity index (χ2n) is 4.16. The summed E-state index contributed by atoms with van der Waals surface area (Å²) in [5.74, 6) is -0.285. The lowest BCUT2D eigenvalue weighted by Crippen LogP contribution is -2.39. The average Bonchev–Trinajstić information content (AvgIpc) is 2.28. The van der Waals surface area contributed by atoms with Crippen molar-refractivity contribution in [2.45, 2.75) is 32.9 Å². The zero-order chi connectivity index (χ0) is 12.1. The molecule has 1 rings (SSSR count). The van der Waals surface area contributed by atoms with E-state index in [-0.39, 0.29) is 11.9 Å². The molecule has 0 saturated heterocycles. The minimum Gasteiger partial charge on any atom is -0.368 e. The van der Waals surface area contributed by atoms with Crippen LogP contribution in [0.25, 0.3) is 0 Å². The van der Waals surface area contributed by atoms with Gasteiger partial charge in [0.25, 0.3) is 0 Å². The zero-order valence-electron chi connectivity index (χ0n) is 10.2. The van der Waals surface area contributed by atoms with Gasteiger partial charge in [0.05, 0.1) is 6.04 Å². The molecule has 16 heavy (non-hydrogen) atoms. The number of carbonyl (C=O) groups excluding carboxylic acids is 1. The fraction of sp³-hybridized carbons (Fsp3) is 0.462. The molecule has 0 spiro atoms. The van der Waals surface area contributed by atoms with Crippen LogP contribution in [0.3, 0.4) is 0 Å². The summed E-state index contributed by atoms with van der Waals surface area (Å²) in [6, 6.07) is 8.22. The third-order valence-corrected chi connectivity index (χ3v) is 2.94. The molecule has 88 valence electrons. The Labute approximate surface area is 97.2 Å². The molecule has 0 unspecified atom stereocenters. The largest absolute Gasteiger partial charge is 0.368 e. The molecule has 0 radical (unpaired) electrons. The lowest BCUT2D eigenvalue weighted by molar-refractivity contribution is -0.122. The molecule has 1 aromatic carbocycles. The van der Waals surface area contributed by atoms with Gasteiger partial charge in [-0.2, -0.15) is 0 Å². The highest BCUT2D eigenvalue weighted by molar-refractivity contribution is 5.79. The monoisotopic (exact) mass is 220 g/mol. The van der Waals surface area contributed by atoms with Crippen LogP contribution in [-0.4, -0.2) is 23.9 Å². The lowest BCUT2D eigenvalue weighted by atomic mass is 10.1. The number of amides is 1. The van der Waals surface area contributed by atoms with Crippen molar-refractivity contribution in [3.05, 3.63) is 35.4 Å². The van der Waals surface area contributed by atoms with E-state index in [9.17, 15) is 4.79 Å². The summed E-state index contributed by atoms with van der Waals surface area (Å²) in [4.78, 5) is 13.0. The number of primary amides is 1. The number of nitrogens with zero attached hydrogens (tertiary/aromatic N) is 1. The molecule has 3 nitrogen and oxygen atoms in total. The maximum absolute atomic E-state index is 11.0. The Kier molecular flexibility index (Phi) is 4.50. The molecule has 0 heterocycles. The molecule has 0 aliphatic rings. The quantitative estimate of drug-likeness (QED) is 0.818. The van der Waals surface area contributed by atoms with Crippen LogP contribution in [0, 0.1) is 0 Å². The maximum atomic E-state index is 11.0. The Morgan fingerprint density at radius 3 is 2.25 bits per heavy atom. The summed E-state index contributed by atoms with van der Waals surface area (Å²) in [7, 11) is 1.91. The van der Waals surface area contributed by atoms with Crippen LogP contribution in [0.15, 0.2) is 24.3 Å². The molecule has 0 aliphatic carbocycles. The second-order valence-corrected chi connectivity index (χ2v) is 4.16. The van der Waals surface area contributed by atoms with Crippen LogP contribution in [0.1, 0.15) is 25.0 Å². The second kappa shape index (κ2) is 5.66. The number of rotatable bonds is 5. The van der Waals surface area contributed by atoms with Crippen LogP contribution in [0.5, 0.6) is 0 Å². The SMILES string of the molecule is CCc1ccc(CN(C)[C@H](C)C(N)=O)cc1. The van der Waals surface area contributed by atoms with Crippen molar-refractivity contribution in [2.24, 2.45) is 5.73 Å². The van der Waals surface area contributed by atoms with Crippen LogP contribution in [0.4, 0.5) is 0 Å². The molecule has 0 aromatic heterocycles. The van der Waals surface area contributed by atoms with E-state index in [0.717, 1.165) is 13.0 Å². The van der Waals surface area contributed by atoms with E-state index >= 15 is 0 Å². The van der Waals surface area contributed by atoms with Gasteiger partial charge in [0, 0.05) is 6.54 Å². The summed E-state index contributed by atoms with van der Waals surface area (Å²) in [5, 5.41) is 0. The first-order chi connectivity index (χ1) is 7.54. The predicted octanol–water partition coefficient (Wildman–Crippen LogP) is 1.55. The third kappa shape index (κ3) is 3.35. The highest BCUT2D eigenvalue weighted by Gasteiger charge is 2.14. The van der Waals surface area contributed by atoms with Crippen molar-refractivity contribution in [3.8, 4) is 0 Å². The average molecular weight is 220 g/mol. The molecule has 1 amide bonds.